The first-order valence-electron chi connectivity index (χ1n) is 9.92. The standard InChI is InChI=1S/C21H31N5O3/c1-6-7-8-9-12-29-16-11-10-15(13-17(16)28-5)14-22-25-20-23-19(27)18(24-26-20)21(2,3)4/h10-11,13-14H,6-9,12H2,1-5H3,(H2,23,25,26,27)/b22-14+. The molecule has 0 bridgehead atoms. The maximum Gasteiger partial charge on any atom is 0.274 e. The molecule has 8 nitrogen and oxygen atoms in total. The molecule has 0 saturated heterocycles. The first-order valence-corrected chi connectivity index (χ1v) is 9.92. The zero-order valence-corrected chi connectivity index (χ0v) is 17.9. The molecule has 2 rings (SSSR count). The van der Waals surface area contributed by atoms with Crippen molar-refractivity contribution in [2.24, 2.45) is 5.10 Å². The van der Waals surface area contributed by atoms with Gasteiger partial charge in [-0.3, -0.25) is 9.78 Å². The second-order valence-corrected chi connectivity index (χ2v) is 7.79. The van der Waals surface area contributed by atoms with E-state index < -0.39 is 0 Å². The Kier molecular flexibility index (Phi) is 8.18. The molecule has 0 radical (unpaired) electrons. The van der Waals surface area contributed by atoms with Gasteiger partial charge in [-0.15, -0.1) is 10.2 Å². The first-order chi connectivity index (χ1) is 13.8. The van der Waals surface area contributed by atoms with Crippen LogP contribution in [0.3, 0.4) is 0 Å². The zero-order valence-electron chi connectivity index (χ0n) is 17.9. The van der Waals surface area contributed by atoms with Gasteiger partial charge in [0, 0.05) is 5.41 Å². The van der Waals surface area contributed by atoms with Gasteiger partial charge in [0.25, 0.3) is 5.56 Å². The van der Waals surface area contributed by atoms with Crippen molar-refractivity contribution < 1.29 is 9.47 Å². The van der Waals surface area contributed by atoms with Crippen LogP contribution in [0.2, 0.25) is 0 Å². The van der Waals surface area contributed by atoms with Gasteiger partial charge in [0.2, 0.25) is 5.95 Å². The molecule has 1 aromatic carbocycles. The van der Waals surface area contributed by atoms with E-state index >= 15 is 0 Å². The maximum absolute atomic E-state index is 12.1. The van der Waals surface area contributed by atoms with Crippen molar-refractivity contribution >= 4 is 12.2 Å². The third kappa shape index (κ3) is 6.89. The number of hydrazone groups is 1. The molecule has 1 heterocycles. The number of methoxy groups -OCH3 is 1. The van der Waals surface area contributed by atoms with Gasteiger partial charge in [-0.1, -0.05) is 47.0 Å². The summed E-state index contributed by atoms with van der Waals surface area (Å²) >= 11 is 0. The number of aromatic amines is 1. The van der Waals surface area contributed by atoms with Crippen molar-refractivity contribution in [3.63, 3.8) is 0 Å². The smallest absolute Gasteiger partial charge is 0.274 e. The summed E-state index contributed by atoms with van der Waals surface area (Å²) in [4.78, 5) is 14.7. The van der Waals surface area contributed by atoms with Gasteiger partial charge in [-0.05, 0) is 30.2 Å². The lowest BCUT2D eigenvalue weighted by Gasteiger charge is -2.15. The lowest BCUT2D eigenvalue weighted by molar-refractivity contribution is 0.285. The summed E-state index contributed by atoms with van der Waals surface area (Å²) in [6.45, 7) is 8.57. The molecule has 0 spiro atoms. The van der Waals surface area contributed by atoms with E-state index in [9.17, 15) is 4.79 Å². The number of nitrogens with zero attached hydrogens (tertiary/aromatic N) is 3. The highest BCUT2D eigenvalue weighted by molar-refractivity contribution is 5.81. The van der Waals surface area contributed by atoms with Gasteiger partial charge >= 0.3 is 0 Å². The van der Waals surface area contributed by atoms with E-state index in [1.54, 1.807) is 13.3 Å². The zero-order chi connectivity index (χ0) is 21.3. The highest BCUT2D eigenvalue weighted by Crippen LogP contribution is 2.27. The Morgan fingerprint density at radius 2 is 1.97 bits per heavy atom. The number of H-pyrrole nitrogens is 1. The summed E-state index contributed by atoms with van der Waals surface area (Å²) < 4.78 is 11.2. The van der Waals surface area contributed by atoms with Gasteiger partial charge in [0.1, 0.15) is 5.69 Å². The van der Waals surface area contributed by atoms with Gasteiger partial charge in [0.15, 0.2) is 11.5 Å². The van der Waals surface area contributed by atoms with E-state index in [1.165, 1.54) is 12.8 Å². The van der Waals surface area contributed by atoms with Crippen LogP contribution in [0.5, 0.6) is 11.5 Å². The van der Waals surface area contributed by atoms with Crippen molar-refractivity contribution in [3.05, 3.63) is 39.8 Å². The third-order valence-corrected chi connectivity index (χ3v) is 4.23. The van der Waals surface area contributed by atoms with E-state index in [4.69, 9.17) is 9.47 Å². The molecule has 2 aromatic rings. The van der Waals surface area contributed by atoms with Crippen LogP contribution in [-0.2, 0) is 5.41 Å². The molecule has 0 amide bonds. The predicted molar refractivity (Wildman–Crippen MR) is 115 cm³/mol. The topological polar surface area (TPSA) is 101 Å². The molecule has 2 N–H and O–H groups in total. The second kappa shape index (κ2) is 10.6. The van der Waals surface area contributed by atoms with Crippen LogP contribution in [0.25, 0.3) is 0 Å². The number of rotatable bonds is 10. The van der Waals surface area contributed by atoms with Crippen molar-refractivity contribution in [2.75, 3.05) is 19.1 Å². The molecule has 158 valence electrons. The molecule has 0 atom stereocenters. The van der Waals surface area contributed by atoms with E-state index in [0.717, 1.165) is 18.4 Å². The monoisotopic (exact) mass is 401 g/mol. The van der Waals surface area contributed by atoms with Crippen LogP contribution in [0, 0.1) is 0 Å². The largest absolute Gasteiger partial charge is 0.493 e. The molecule has 29 heavy (non-hydrogen) atoms. The van der Waals surface area contributed by atoms with Crippen LogP contribution in [-0.4, -0.2) is 35.1 Å². The fraction of sp³-hybridized carbons (Fsp3) is 0.524. The molecule has 0 aliphatic carbocycles. The molecular weight excluding hydrogens is 370 g/mol. The average Bonchev–Trinajstić information content (AvgIpc) is 2.67. The number of hydrogen-bond donors (Lipinski definition) is 2. The maximum atomic E-state index is 12.1. The van der Waals surface area contributed by atoms with Crippen LogP contribution in [0.4, 0.5) is 5.95 Å². The predicted octanol–water partition coefficient (Wildman–Crippen LogP) is 3.88. The lowest BCUT2D eigenvalue weighted by atomic mass is 9.93. The number of anilines is 1. The van der Waals surface area contributed by atoms with Crippen molar-refractivity contribution in [1.29, 1.82) is 0 Å². The van der Waals surface area contributed by atoms with E-state index in [0.29, 0.717) is 23.8 Å². The van der Waals surface area contributed by atoms with E-state index in [-0.39, 0.29) is 16.9 Å². The number of aromatic nitrogens is 3. The molecule has 8 heteroatoms. The quantitative estimate of drug-likeness (QED) is 0.356. The Hall–Kier alpha value is -2.90. The molecule has 0 saturated carbocycles. The summed E-state index contributed by atoms with van der Waals surface area (Å²) in [5.41, 5.74) is 3.22. The van der Waals surface area contributed by atoms with Gasteiger partial charge in [-0.2, -0.15) is 5.10 Å². The van der Waals surface area contributed by atoms with Crippen molar-refractivity contribution in [3.8, 4) is 11.5 Å². The Labute approximate surface area is 171 Å². The molecule has 0 unspecified atom stereocenters. The van der Waals surface area contributed by atoms with Crippen LogP contribution in [0.1, 0.15) is 64.6 Å². The molecule has 1 aromatic heterocycles. The van der Waals surface area contributed by atoms with Crippen LogP contribution >= 0.6 is 0 Å². The fourth-order valence-corrected chi connectivity index (χ4v) is 2.64. The van der Waals surface area contributed by atoms with Crippen LogP contribution in [0.15, 0.2) is 28.1 Å². The number of unbranched alkanes of at least 4 members (excludes halogenated alkanes) is 3. The van der Waals surface area contributed by atoms with E-state index in [2.05, 4.69) is 32.6 Å². The third-order valence-electron chi connectivity index (χ3n) is 4.23. The highest BCUT2D eigenvalue weighted by atomic mass is 16.5. The van der Waals surface area contributed by atoms with Gasteiger partial charge < -0.3 is 9.47 Å². The van der Waals surface area contributed by atoms with Crippen molar-refractivity contribution in [2.45, 2.75) is 58.8 Å². The molecular formula is C21H31N5O3. The molecule has 0 aliphatic heterocycles. The minimum Gasteiger partial charge on any atom is -0.493 e. The summed E-state index contributed by atoms with van der Waals surface area (Å²) in [7, 11) is 1.61. The second-order valence-electron chi connectivity index (χ2n) is 7.79. The van der Waals surface area contributed by atoms with Gasteiger partial charge in [-0.25, -0.2) is 5.43 Å². The Morgan fingerprint density at radius 3 is 2.62 bits per heavy atom. The molecule has 0 aliphatic rings. The van der Waals surface area contributed by atoms with Gasteiger partial charge in [0.05, 0.1) is 19.9 Å². The van der Waals surface area contributed by atoms with Crippen molar-refractivity contribution in [1.82, 2.24) is 15.2 Å². The SMILES string of the molecule is CCCCCCOc1ccc(/C=N/Nc2nnc(C(C)(C)C)c(=O)[nH]2)cc1OC. The average molecular weight is 402 g/mol. The number of nitrogens with one attached hydrogen (secondary N) is 2. The Balaban J connectivity index is 1.98. The molecule has 0 fully saturated rings. The number of hydrogen-bond acceptors (Lipinski definition) is 7. The number of ether oxygens (including phenoxy) is 2. The first kappa shape index (κ1) is 22.4. The summed E-state index contributed by atoms with van der Waals surface area (Å²) in [5, 5.41) is 12.1. The summed E-state index contributed by atoms with van der Waals surface area (Å²) in [6.07, 6.45) is 6.21. The summed E-state index contributed by atoms with van der Waals surface area (Å²) in [5.74, 6) is 1.53. The Morgan fingerprint density at radius 1 is 1.17 bits per heavy atom. The summed E-state index contributed by atoms with van der Waals surface area (Å²) in [6, 6.07) is 5.58. The van der Waals surface area contributed by atoms with Crippen LogP contribution < -0.4 is 20.5 Å². The Bertz CT molecular complexity index is 871. The fourth-order valence-electron chi connectivity index (χ4n) is 2.64. The minimum atomic E-state index is -0.376. The lowest BCUT2D eigenvalue weighted by Crippen LogP contribution is -2.28. The highest BCUT2D eigenvalue weighted by Gasteiger charge is 2.20. The number of benzene rings is 1. The normalized spacial score (nSPS) is 11.6. The van der Waals surface area contributed by atoms with E-state index in [1.807, 2.05) is 39.0 Å². The minimum absolute atomic E-state index is 0.179.